The molecule has 21 heavy (non-hydrogen) atoms. The quantitative estimate of drug-likeness (QED) is 0.819. The molecular formula is C16H25N3O2. The Bertz CT molecular complexity index is 504. The van der Waals surface area contributed by atoms with E-state index in [0.717, 1.165) is 43.1 Å². The number of benzene rings is 1. The van der Waals surface area contributed by atoms with E-state index in [1.807, 2.05) is 18.2 Å². The second-order valence-electron chi connectivity index (χ2n) is 5.71. The number of nitrogens with zero attached hydrogens (tertiary/aromatic N) is 2. The highest BCUT2D eigenvalue weighted by molar-refractivity contribution is 5.94. The third-order valence-electron chi connectivity index (χ3n) is 4.14. The van der Waals surface area contributed by atoms with Crippen LogP contribution in [0.2, 0.25) is 0 Å². The molecular weight excluding hydrogens is 266 g/mol. The Morgan fingerprint density at radius 1 is 1.43 bits per heavy atom. The second kappa shape index (κ2) is 7.02. The summed E-state index contributed by atoms with van der Waals surface area (Å²) in [5.41, 5.74) is 7.68. The van der Waals surface area contributed by atoms with E-state index in [-0.39, 0.29) is 5.78 Å². The maximum Gasteiger partial charge on any atom is 0.159 e. The van der Waals surface area contributed by atoms with Gasteiger partial charge in [-0.15, -0.1) is 0 Å². The SMILES string of the molecule is COc1ccc(C(C)=O)cc1CN1CCN(C)CC1CN. The van der Waals surface area contributed by atoms with Crippen molar-refractivity contribution in [3.05, 3.63) is 29.3 Å². The van der Waals surface area contributed by atoms with Crippen LogP contribution < -0.4 is 10.5 Å². The van der Waals surface area contributed by atoms with Gasteiger partial charge in [-0.05, 0) is 32.2 Å². The molecule has 1 aliphatic rings. The number of carbonyl (C=O) groups excluding carboxylic acids is 1. The molecule has 1 atom stereocenters. The molecule has 0 aromatic heterocycles. The number of ketones is 1. The van der Waals surface area contributed by atoms with Gasteiger partial charge < -0.3 is 15.4 Å². The molecule has 1 aromatic rings. The minimum absolute atomic E-state index is 0.0765. The second-order valence-corrected chi connectivity index (χ2v) is 5.71. The molecule has 1 unspecified atom stereocenters. The molecule has 116 valence electrons. The van der Waals surface area contributed by atoms with Crippen LogP contribution in [0, 0.1) is 0 Å². The first-order valence-electron chi connectivity index (χ1n) is 7.35. The van der Waals surface area contributed by atoms with Gasteiger partial charge in [0.05, 0.1) is 7.11 Å². The third-order valence-corrected chi connectivity index (χ3v) is 4.14. The topological polar surface area (TPSA) is 58.8 Å². The molecule has 0 saturated carbocycles. The highest BCUT2D eigenvalue weighted by Crippen LogP contribution is 2.23. The van der Waals surface area contributed by atoms with Gasteiger partial charge in [-0.1, -0.05) is 0 Å². The van der Waals surface area contributed by atoms with Crippen molar-refractivity contribution in [2.45, 2.75) is 19.5 Å². The molecule has 1 heterocycles. The van der Waals surface area contributed by atoms with E-state index in [1.165, 1.54) is 0 Å². The molecule has 0 bridgehead atoms. The van der Waals surface area contributed by atoms with Crippen molar-refractivity contribution in [2.24, 2.45) is 5.73 Å². The smallest absolute Gasteiger partial charge is 0.159 e. The van der Waals surface area contributed by atoms with Crippen LogP contribution in [-0.2, 0) is 6.54 Å². The Morgan fingerprint density at radius 3 is 2.81 bits per heavy atom. The van der Waals surface area contributed by atoms with Crippen LogP contribution >= 0.6 is 0 Å². The molecule has 5 heteroatoms. The van der Waals surface area contributed by atoms with E-state index in [4.69, 9.17) is 10.5 Å². The zero-order valence-corrected chi connectivity index (χ0v) is 13.1. The summed E-state index contributed by atoms with van der Waals surface area (Å²) in [5.74, 6) is 0.905. The fraction of sp³-hybridized carbons (Fsp3) is 0.562. The van der Waals surface area contributed by atoms with E-state index in [0.29, 0.717) is 12.6 Å². The lowest BCUT2D eigenvalue weighted by molar-refractivity contribution is 0.0873. The van der Waals surface area contributed by atoms with Gasteiger partial charge in [0, 0.05) is 49.9 Å². The highest BCUT2D eigenvalue weighted by Gasteiger charge is 2.25. The summed E-state index contributed by atoms with van der Waals surface area (Å²) >= 11 is 0. The molecule has 5 nitrogen and oxygen atoms in total. The maximum absolute atomic E-state index is 11.6. The largest absolute Gasteiger partial charge is 0.496 e. The van der Waals surface area contributed by atoms with Crippen molar-refractivity contribution < 1.29 is 9.53 Å². The number of methoxy groups -OCH3 is 1. The first kappa shape index (κ1) is 15.9. The number of hydrogen-bond acceptors (Lipinski definition) is 5. The summed E-state index contributed by atoms with van der Waals surface area (Å²) in [6.07, 6.45) is 0. The van der Waals surface area contributed by atoms with E-state index >= 15 is 0 Å². The van der Waals surface area contributed by atoms with E-state index in [9.17, 15) is 4.79 Å². The fourth-order valence-electron chi connectivity index (χ4n) is 2.82. The fourth-order valence-corrected chi connectivity index (χ4v) is 2.82. The van der Waals surface area contributed by atoms with Gasteiger partial charge in [-0.3, -0.25) is 9.69 Å². The molecule has 0 aliphatic carbocycles. The number of ether oxygens (including phenoxy) is 1. The average Bonchev–Trinajstić information content (AvgIpc) is 2.48. The van der Waals surface area contributed by atoms with Crippen LogP contribution in [0.3, 0.4) is 0 Å². The molecule has 2 rings (SSSR count). The van der Waals surface area contributed by atoms with E-state index < -0.39 is 0 Å². The van der Waals surface area contributed by atoms with Crippen molar-refractivity contribution in [2.75, 3.05) is 40.3 Å². The van der Waals surface area contributed by atoms with Gasteiger partial charge >= 0.3 is 0 Å². The first-order valence-corrected chi connectivity index (χ1v) is 7.35. The summed E-state index contributed by atoms with van der Waals surface area (Å²) < 4.78 is 5.43. The van der Waals surface area contributed by atoms with E-state index in [2.05, 4.69) is 16.8 Å². The van der Waals surface area contributed by atoms with Crippen molar-refractivity contribution in [3.63, 3.8) is 0 Å². The number of carbonyl (C=O) groups is 1. The highest BCUT2D eigenvalue weighted by atomic mass is 16.5. The summed E-state index contributed by atoms with van der Waals surface area (Å²) in [6, 6.07) is 5.97. The van der Waals surface area contributed by atoms with Crippen LogP contribution in [0.4, 0.5) is 0 Å². The maximum atomic E-state index is 11.6. The van der Waals surface area contributed by atoms with Gasteiger partial charge in [0.15, 0.2) is 5.78 Å². The zero-order valence-electron chi connectivity index (χ0n) is 13.1. The van der Waals surface area contributed by atoms with Gasteiger partial charge in [0.1, 0.15) is 5.75 Å². The number of likely N-dealkylation sites (N-methyl/N-ethyl adjacent to an activating group) is 1. The number of nitrogens with two attached hydrogens (primary N) is 1. The molecule has 1 fully saturated rings. The standard InChI is InChI=1S/C16H25N3O2/c1-12(20)13-4-5-16(21-3)14(8-13)10-19-7-6-18(2)11-15(19)9-17/h4-5,8,15H,6-7,9-11,17H2,1-3H3. The van der Waals surface area contributed by atoms with Gasteiger partial charge in [-0.25, -0.2) is 0 Å². The van der Waals surface area contributed by atoms with Crippen molar-refractivity contribution in [1.29, 1.82) is 0 Å². The lowest BCUT2D eigenvalue weighted by Crippen LogP contribution is -2.54. The molecule has 1 aliphatic heterocycles. The van der Waals surface area contributed by atoms with Gasteiger partial charge in [0.2, 0.25) is 0 Å². The number of Topliss-reactive ketones (excluding diaryl/α,β-unsaturated/α-hetero) is 1. The Balaban J connectivity index is 2.20. The van der Waals surface area contributed by atoms with Crippen LogP contribution in [0.5, 0.6) is 5.75 Å². The zero-order chi connectivity index (χ0) is 15.4. The molecule has 0 radical (unpaired) electrons. The average molecular weight is 291 g/mol. The van der Waals surface area contributed by atoms with Gasteiger partial charge in [0.25, 0.3) is 0 Å². The summed E-state index contributed by atoms with van der Waals surface area (Å²) in [5, 5.41) is 0. The Hall–Kier alpha value is -1.43. The van der Waals surface area contributed by atoms with Crippen LogP contribution in [0.25, 0.3) is 0 Å². The van der Waals surface area contributed by atoms with Crippen molar-refractivity contribution in [1.82, 2.24) is 9.80 Å². The Morgan fingerprint density at radius 2 is 2.19 bits per heavy atom. The minimum Gasteiger partial charge on any atom is -0.496 e. The minimum atomic E-state index is 0.0765. The predicted molar refractivity (Wildman–Crippen MR) is 83.7 cm³/mol. The number of rotatable bonds is 5. The van der Waals surface area contributed by atoms with Gasteiger partial charge in [-0.2, -0.15) is 0 Å². The molecule has 1 aromatic carbocycles. The van der Waals surface area contributed by atoms with Crippen LogP contribution in [-0.4, -0.2) is 62.0 Å². The van der Waals surface area contributed by atoms with Crippen LogP contribution in [0.15, 0.2) is 18.2 Å². The van der Waals surface area contributed by atoms with Crippen molar-refractivity contribution >= 4 is 5.78 Å². The number of piperazine rings is 1. The normalized spacial score (nSPS) is 20.5. The summed E-state index contributed by atoms with van der Waals surface area (Å²) in [4.78, 5) is 16.3. The van der Waals surface area contributed by atoms with Crippen molar-refractivity contribution in [3.8, 4) is 5.75 Å². The lowest BCUT2D eigenvalue weighted by atomic mass is 10.0. The molecule has 0 amide bonds. The third kappa shape index (κ3) is 3.81. The Kier molecular flexibility index (Phi) is 5.33. The van der Waals surface area contributed by atoms with E-state index in [1.54, 1.807) is 14.0 Å². The summed E-state index contributed by atoms with van der Waals surface area (Å²) in [7, 11) is 3.79. The molecule has 2 N–H and O–H groups in total. The molecule has 0 spiro atoms. The lowest BCUT2D eigenvalue weighted by Gasteiger charge is -2.39. The number of hydrogen-bond donors (Lipinski definition) is 1. The predicted octanol–water partition coefficient (Wildman–Crippen LogP) is 0.972. The first-order chi connectivity index (χ1) is 10.0. The monoisotopic (exact) mass is 291 g/mol. The Labute approximate surface area is 126 Å². The summed E-state index contributed by atoms with van der Waals surface area (Å²) in [6.45, 7) is 5.98. The van der Waals surface area contributed by atoms with Crippen LogP contribution in [0.1, 0.15) is 22.8 Å². The molecule has 1 saturated heterocycles.